The first kappa shape index (κ1) is 31.8. The number of ether oxygens (including phenoxy) is 2. The van der Waals surface area contributed by atoms with Crippen LogP contribution in [0.2, 0.25) is 5.02 Å². The third kappa shape index (κ3) is 8.14. The van der Waals surface area contributed by atoms with Gasteiger partial charge in [-0.1, -0.05) is 41.9 Å². The van der Waals surface area contributed by atoms with Crippen LogP contribution in [0.25, 0.3) is 0 Å². The standard InChI is InChI=1S/C30H36ClN3O6S/c1-21(29(36)32-30(2,3)4)33(19-22-12-14-23(31)15-13-22)28(35)20-34(41(37,38)25-10-8-7-9-11-25)26-18-24(39-5)16-17-27(26)40-6/h7-18,21H,19-20H2,1-6H3,(H,32,36)/t21-/m0/s1. The molecule has 0 spiro atoms. The number of carbonyl (C=O) groups is 2. The van der Waals surface area contributed by atoms with Gasteiger partial charge in [0, 0.05) is 23.2 Å². The van der Waals surface area contributed by atoms with Crippen LogP contribution in [0.4, 0.5) is 5.69 Å². The molecule has 2 amide bonds. The summed E-state index contributed by atoms with van der Waals surface area (Å²) in [6.45, 7) is 6.56. The van der Waals surface area contributed by atoms with Gasteiger partial charge in [0.25, 0.3) is 10.0 Å². The fraction of sp³-hybridized carbons (Fsp3) is 0.333. The molecule has 1 atom stereocenters. The fourth-order valence-electron chi connectivity index (χ4n) is 4.07. The van der Waals surface area contributed by atoms with E-state index in [1.54, 1.807) is 61.5 Å². The molecule has 0 heterocycles. The van der Waals surface area contributed by atoms with E-state index in [1.165, 1.54) is 37.3 Å². The first-order chi connectivity index (χ1) is 19.3. The van der Waals surface area contributed by atoms with Gasteiger partial charge in [-0.25, -0.2) is 8.42 Å². The Balaban J connectivity index is 2.11. The fourth-order valence-corrected chi connectivity index (χ4v) is 5.63. The third-order valence-electron chi connectivity index (χ3n) is 6.20. The van der Waals surface area contributed by atoms with Crippen molar-refractivity contribution < 1.29 is 27.5 Å². The molecule has 0 saturated carbocycles. The number of benzene rings is 3. The van der Waals surface area contributed by atoms with Gasteiger partial charge >= 0.3 is 0 Å². The number of sulfonamides is 1. The van der Waals surface area contributed by atoms with Crippen molar-refractivity contribution in [2.45, 2.75) is 50.7 Å². The molecule has 3 aromatic carbocycles. The number of hydrogen-bond donors (Lipinski definition) is 1. The topological polar surface area (TPSA) is 105 Å². The molecule has 0 radical (unpaired) electrons. The molecule has 0 aromatic heterocycles. The number of nitrogens with one attached hydrogen (secondary N) is 1. The Hall–Kier alpha value is -3.76. The number of anilines is 1. The molecule has 0 aliphatic heterocycles. The van der Waals surface area contributed by atoms with Gasteiger partial charge in [-0.3, -0.25) is 13.9 Å². The van der Waals surface area contributed by atoms with Crippen molar-refractivity contribution in [3.05, 3.63) is 83.4 Å². The Morgan fingerprint density at radius 1 is 0.951 bits per heavy atom. The van der Waals surface area contributed by atoms with Gasteiger partial charge in [-0.2, -0.15) is 0 Å². The third-order valence-corrected chi connectivity index (χ3v) is 8.22. The zero-order valence-electron chi connectivity index (χ0n) is 24.0. The van der Waals surface area contributed by atoms with Crippen LogP contribution in [0.1, 0.15) is 33.3 Å². The highest BCUT2D eigenvalue weighted by Crippen LogP contribution is 2.36. The van der Waals surface area contributed by atoms with Gasteiger partial charge in [-0.05, 0) is 69.7 Å². The maximum absolute atomic E-state index is 14.1. The lowest BCUT2D eigenvalue weighted by Gasteiger charge is -2.33. The molecule has 220 valence electrons. The SMILES string of the molecule is COc1ccc(OC)c(N(CC(=O)N(Cc2ccc(Cl)cc2)[C@@H](C)C(=O)NC(C)(C)C)S(=O)(=O)c2ccccc2)c1. The number of halogens is 1. The molecule has 0 fully saturated rings. The molecule has 0 bridgehead atoms. The molecule has 9 nitrogen and oxygen atoms in total. The number of hydrogen-bond acceptors (Lipinski definition) is 6. The summed E-state index contributed by atoms with van der Waals surface area (Å²) in [5, 5.41) is 3.42. The van der Waals surface area contributed by atoms with Crippen molar-refractivity contribution in [3.8, 4) is 11.5 Å². The first-order valence-electron chi connectivity index (χ1n) is 12.9. The quantitative estimate of drug-likeness (QED) is 0.336. The Morgan fingerprint density at radius 3 is 2.15 bits per heavy atom. The maximum atomic E-state index is 14.1. The summed E-state index contributed by atoms with van der Waals surface area (Å²) in [6.07, 6.45) is 0. The van der Waals surface area contributed by atoms with E-state index < -0.39 is 34.1 Å². The van der Waals surface area contributed by atoms with Crippen LogP contribution in [-0.4, -0.2) is 57.5 Å². The predicted octanol–water partition coefficient (Wildman–Crippen LogP) is 4.88. The largest absolute Gasteiger partial charge is 0.497 e. The summed E-state index contributed by atoms with van der Waals surface area (Å²) in [5.74, 6) is -0.379. The van der Waals surface area contributed by atoms with Crippen LogP contribution in [0.5, 0.6) is 11.5 Å². The van der Waals surface area contributed by atoms with Crippen molar-refractivity contribution in [2.75, 3.05) is 25.1 Å². The van der Waals surface area contributed by atoms with E-state index in [9.17, 15) is 18.0 Å². The van der Waals surface area contributed by atoms with Crippen molar-refractivity contribution >= 4 is 39.1 Å². The number of nitrogens with zero attached hydrogens (tertiary/aromatic N) is 2. The summed E-state index contributed by atoms with van der Waals surface area (Å²) >= 11 is 6.05. The highest BCUT2D eigenvalue weighted by Gasteiger charge is 2.34. The van der Waals surface area contributed by atoms with Crippen LogP contribution >= 0.6 is 11.6 Å². The van der Waals surface area contributed by atoms with Gasteiger partial charge < -0.3 is 19.7 Å². The van der Waals surface area contributed by atoms with Gasteiger partial charge in [0.2, 0.25) is 11.8 Å². The molecule has 3 aromatic rings. The molecule has 3 rings (SSSR count). The van der Waals surface area contributed by atoms with E-state index in [0.717, 1.165) is 9.87 Å². The average Bonchev–Trinajstić information content (AvgIpc) is 2.94. The van der Waals surface area contributed by atoms with Crippen LogP contribution in [0.15, 0.2) is 77.7 Å². The summed E-state index contributed by atoms with van der Waals surface area (Å²) in [5.41, 5.74) is 0.286. The van der Waals surface area contributed by atoms with E-state index in [1.807, 2.05) is 20.8 Å². The minimum absolute atomic E-state index is 0.0135. The van der Waals surface area contributed by atoms with Gasteiger partial charge in [0.1, 0.15) is 24.1 Å². The van der Waals surface area contributed by atoms with Crippen molar-refractivity contribution in [1.29, 1.82) is 0 Å². The van der Waals surface area contributed by atoms with E-state index >= 15 is 0 Å². The van der Waals surface area contributed by atoms with E-state index in [0.29, 0.717) is 10.8 Å². The average molecular weight is 602 g/mol. The minimum Gasteiger partial charge on any atom is -0.497 e. The Bertz CT molecular complexity index is 1460. The lowest BCUT2D eigenvalue weighted by atomic mass is 10.1. The van der Waals surface area contributed by atoms with Crippen molar-refractivity contribution in [3.63, 3.8) is 0 Å². The summed E-state index contributed by atoms with van der Waals surface area (Å²) in [7, 11) is -1.40. The maximum Gasteiger partial charge on any atom is 0.264 e. The Kier molecular flexibility index (Phi) is 10.3. The molecule has 0 saturated heterocycles. The smallest absolute Gasteiger partial charge is 0.264 e. The highest BCUT2D eigenvalue weighted by molar-refractivity contribution is 7.92. The molecule has 0 unspecified atom stereocenters. The van der Waals surface area contributed by atoms with Crippen molar-refractivity contribution in [2.24, 2.45) is 0 Å². The highest BCUT2D eigenvalue weighted by atomic mass is 35.5. The normalized spacial score (nSPS) is 12.3. The lowest BCUT2D eigenvalue weighted by Crippen LogP contribution is -2.54. The first-order valence-corrected chi connectivity index (χ1v) is 14.7. The molecule has 1 N–H and O–H groups in total. The van der Waals surface area contributed by atoms with Crippen LogP contribution in [-0.2, 0) is 26.2 Å². The van der Waals surface area contributed by atoms with E-state index in [-0.39, 0.29) is 28.8 Å². The summed E-state index contributed by atoms with van der Waals surface area (Å²) in [4.78, 5) is 28.6. The van der Waals surface area contributed by atoms with Crippen LogP contribution in [0.3, 0.4) is 0 Å². The second kappa shape index (κ2) is 13.3. The number of carbonyl (C=O) groups excluding carboxylic acids is 2. The van der Waals surface area contributed by atoms with Gasteiger partial charge in [0.15, 0.2) is 0 Å². The number of methoxy groups -OCH3 is 2. The second-order valence-electron chi connectivity index (χ2n) is 10.4. The molecular formula is C30H36ClN3O6S. The molecule has 0 aliphatic carbocycles. The summed E-state index contributed by atoms with van der Waals surface area (Å²) < 4.78 is 39.8. The Labute approximate surface area is 247 Å². The van der Waals surface area contributed by atoms with E-state index in [4.69, 9.17) is 21.1 Å². The Morgan fingerprint density at radius 2 is 1.59 bits per heavy atom. The number of rotatable bonds is 11. The van der Waals surface area contributed by atoms with Crippen molar-refractivity contribution in [1.82, 2.24) is 10.2 Å². The molecule has 11 heteroatoms. The predicted molar refractivity (Wildman–Crippen MR) is 160 cm³/mol. The second-order valence-corrected chi connectivity index (χ2v) is 12.7. The summed E-state index contributed by atoms with van der Waals surface area (Å²) in [6, 6.07) is 18.4. The zero-order chi connectivity index (χ0) is 30.4. The monoisotopic (exact) mass is 601 g/mol. The molecule has 41 heavy (non-hydrogen) atoms. The lowest BCUT2D eigenvalue weighted by molar-refractivity contribution is -0.140. The van der Waals surface area contributed by atoms with Crippen LogP contribution in [0, 0.1) is 0 Å². The van der Waals surface area contributed by atoms with Gasteiger partial charge in [-0.15, -0.1) is 0 Å². The molecule has 0 aliphatic rings. The van der Waals surface area contributed by atoms with E-state index in [2.05, 4.69) is 5.32 Å². The zero-order valence-corrected chi connectivity index (χ0v) is 25.6. The molecular weight excluding hydrogens is 566 g/mol. The van der Waals surface area contributed by atoms with Gasteiger partial charge in [0.05, 0.1) is 24.8 Å². The number of amides is 2. The van der Waals surface area contributed by atoms with Crippen LogP contribution < -0.4 is 19.1 Å². The minimum atomic E-state index is -4.26.